The SMILES string of the molecule is COC(=O)[C@H](Cc1ccc(O)cc1)NC(=O)[C@H](CC(=O)O)NC(=O)[C@@H](N)[C@@H](C)O. The van der Waals surface area contributed by atoms with Crippen molar-refractivity contribution in [2.75, 3.05) is 7.11 Å². The minimum atomic E-state index is -1.53. The van der Waals surface area contributed by atoms with E-state index in [2.05, 4.69) is 15.4 Å². The maximum absolute atomic E-state index is 12.5. The second-order valence-corrected chi connectivity index (χ2v) is 6.38. The lowest BCUT2D eigenvalue weighted by atomic mass is 10.0. The van der Waals surface area contributed by atoms with Crippen molar-refractivity contribution >= 4 is 23.8 Å². The molecule has 11 heteroatoms. The smallest absolute Gasteiger partial charge is 0.328 e. The molecule has 160 valence electrons. The minimum Gasteiger partial charge on any atom is -0.508 e. The Kier molecular flexibility index (Phi) is 9.03. The van der Waals surface area contributed by atoms with Gasteiger partial charge in [0, 0.05) is 6.42 Å². The quantitative estimate of drug-likeness (QED) is 0.243. The molecule has 0 saturated carbocycles. The number of nitrogens with two attached hydrogens (primary N) is 1. The molecule has 29 heavy (non-hydrogen) atoms. The van der Waals surface area contributed by atoms with E-state index in [1.165, 1.54) is 31.2 Å². The summed E-state index contributed by atoms with van der Waals surface area (Å²) in [5.41, 5.74) is 6.08. The summed E-state index contributed by atoms with van der Waals surface area (Å²) in [6.07, 6.45) is -1.99. The van der Waals surface area contributed by atoms with E-state index >= 15 is 0 Å². The Morgan fingerprint density at radius 1 is 1.07 bits per heavy atom. The van der Waals surface area contributed by atoms with E-state index in [4.69, 9.17) is 10.8 Å². The Bertz CT molecular complexity index is 735. The summed E-state index contributed by atoms with van der Waals surface area (Å²) in [6.45, 7) is 1.27. The first kappa shape index (κ1) is 23.9. The second-order valence-electron chi connectivity index (χ2n) is 6.38. The fourth-order valence-corrected chi connectivity index (χ4v) is 2.35. The van der Waals surface area contributed by atoms with Gasteiger partial charge in [-0.25, -0.2) is 4.79 Å². The number of amides is 2. The minimum absolute atomic E-state index is 0.000378. The average Bonchev–Trinajstić information content (AvgIpc) is 2.66. The van der Waals surface area contributed by atoms with Crippen LogP contribution in [0, 0.1) is 0 Å². The van der Waals surface area contributed by atoms with Crippen LogP contribution in [0.15, 0.2) is 24.3 Å². The van der Waals surface area contributed by atoms with Gasteiger partial charge in [0.1, 0.15) is 23.9 Å². The Labute approximate surface area is 166 Å². The maximum Gasteiger partial charge on any atom is 0.328 e. The number of aliphatic hydroxyl groups is 1. The lowest BCUT2D eigenvalue weighted by Gasteiger charge is -2.23. The molecule has 0 heterocycles. The van der Waals surface area contributed by atoms with Gasteiger partial charge in [0.15, 0.2) is 0 Å². The number of aliphatic carboxylic acids is 1. The number of carbonyl (C=O) groups excluding carboxylic acids is 3. The molecule has 0 aliphatic carbocycles. The third-order valence-corrected chi connectivity index (χ3v) is 4.01. The van der Waals surface area contributed by atoms with Gasteiger partial charge in [-0.2, -0.15) is 0 Å². The number of esters is 1. The van der Waals surface area contributed by atoms with Crippen molar-refractivity contribution in [3.8, 4) is 5.75 Å². The molecule has 0 spiro atoms. The molecule has 0 aliphatic heterocycles. The van der Waals surface area contributed by atoms with Crippen molar-refractivity contribution in [2.45, 2.75) is 44.0 Å². The highest BCUT2D eigenvalue weighted by Gasteiger charge is 2.31. The molecule has 11 nitrogen and oxygen atoms in total. The van der Waals surface area contributed by atoms with Crippen molar-refractivity contribution in [3.63, 3.8) is 0 Å². The first-order valence-corrected chi connectivity index (χ1v) is 8.67. The van der Waals surface area contributed by atoms with Gasteiger partial charge in [-0.3, -0.25) is 14.4 Å². The van der Waals surface area contributed by atoms with Gasteiger partial charge in [-0.15, -0.1) is 0 Å². The molecule has 0 bridgehead atoms. The van der Waals surface area contributed by atoms with Gasteiger partial charge in [0.05, 0.1) is 19.6 Å². The van der Waals surface area contributed by atoms with Crippen LogP contribution in [0.1, 0.15) is 18.9 Å². The normalized spacial score (nSPS) is 14.8. The number of carbonyl (C=O) groups is 4. The summed E-state index contributed by atoms with van der Waals surface area (Å²) in [5, 5.41) is 32.2. The molecule has 0 radical (unpaired) electrons. The van der Waals surface area contributed by atoms with Gasteiger partial charge in [0.2, 0.25) is 11.8 Å². The number of aliphatic hydroxyl groups excluding tert-OH is 1. The van der Waals surface area contributed by atoms with Crippen LogP contribution in [0.3, 0.4) is 0 Å². The number of benzene rings is 1. The molecular weight excluding hydrogens is 386 g/mol. The highest BCUT2D eigenvalue weighted by Crippen LogP contribution is 2.12. The maximum atomic E-state index is 12.5. The van der Waals surface area contributed by atoms with Crippen LogP contribution in [0.25, 0.3) is 0 Å². The number of methoxy groups -OCH3 is 1. The predicted molar refractivity (Wildman–Crippen MR) is 99.6 cm³/mol. The van der Waals surface area contributed by atoms with Crippen LogP contribution >= 0.6 is 0 Å². The van der Waals surface area contributed by atoms with E-state index in [1.807, 2.05) is 0 Å². The summed E-state index contributed by atoms with van der Waals surface area (Å²) in [4.78, 5) is 47.6. The third-order valence-electron chi connectivity index (χ3n) is 4.01. The Hall–Kier alpha value is -3.18. The van der Waals surface area contributed by atoms with E-state index in [0.29, 0.717) is 5.56 Å². The van der Waals surface area contributed by atoms with Crippen molar-refractivity contribution in [3.05, 3.63) is 29.8 Å². The number of phenolic OH excluding ortho intramolecular Hbond substituents is 1. The highest BCUT2D eigenvalue weighted by molar-refractivity contribution is 5.94. The molecule has 0 unspecified atom stereocenters. The van der Waals surface area contributed by atoms with Crippen LogP contribution < -0.4 is 16.4 Å². The predicted octanol–water partition coefficient (Wildman–Crippen LogP) is -1.74. The largest absolute Gasteiger partial charge is 0.508 e. The molecule has 0 saturated heterocycles. The molecule has 1 aromatic carbocycles. The molecule has 0 fully saturated rings. The van der Waals surface area contributed by atoms with Gasteiger partial charge in [-0.1, -0.05) is 12.1 Å². The Balaban J connectivity index is 2.95. The monoisotopic (exact) mass is 411 g/mol. The fraction of sp³-hybridized carbons (Fsp3) is 0.444. The van der Waals surface area contributed by atoms with Crippen LogP contribution in [0.5, 0.6) is 5.75 Å². The van der Waals surface area contributed by atoms with Crippen molar-refractivity contribution < 1.29 is 39.2 Å². The zero-order valence-corrected chi connectivity index (χ0v) is 16.0. The highest BCUT2D eigenvalue weighted by atomic mass is 16.5. The average molecular weight is 411 g/mol. The number of rotatable bonds is 10. The number of nitrogens with one attached hydrogen (secondary N) is 2. The van der Waals surface area contributed by atoms with Crippen LogP contribution in [-0.4, -0.2) is 70.4 Å². The number of hydrogen-bond acceptors (Lipinski definition) is 8. The van der Waals surface area contributed by atoms with Crippen LogP contribution in [-0.2, 0) is 30.3 Å². The fourth-order valence-electron chi connectivity index (χ4n) is 2.35. The number of hydrogen-bond donors (Lipinski definition) is 6. The molecular formula is C18H25N3O8. The van der Waals surface area contributed by atoms with Crippen LogP contribution in [0.4, 0.5) is 0 Å². The molecule has 4 atom stereocenters. The molecule has 7 N–H and O–H groups in total. The lowest BCUT2D eigenvalue weighted by molar-refractivity contribution is -0.145. The van der Waals surface area contributed by atoms with E-state index in [9.17, 15) is 29.4 Å². The zero-order valence-electron chi connectivity index (χ0n) is 16.0. The first-order valence-electron chi connectivity index (χ1n) is 8.67. The number of carboxylic acids is 1. The van der Waals surface area contributed by atoms with E-state index in [1.54, 1.807) is 0 Å². The summed E-state index contributed by atoms with van der Waals surface area (Å²) < 4.78 is 4.66. The van der Waals surface area contributed by atoms with Crippen molar-refractivity contribution in [2.24, 2.45) is 5.73 Å². The standard InChI is InChI=1S/C18H25N3O8/c1-9(22)15(19)17(27)20-12(8-14(24)25)16(26)21-13(18(28)29-2)7-10-3-5-11(23)6-4-10/h3-6,9,12-13,15,22-23H,7-8,19H2,1-2H3,(H,20,27)(H,21,26)(H,24,25)/t9-,12+,13+,15+/m1/s1. The van der Waals surface area contributed by atoms with E-state index in [0.717, 1.165) is 7.11 Å². The third kappa shape index (κ3) is 7.76. The van der Waals surface area contributed by atoms with Crippen LogP contribution in [0.2, 0.25) is 0 Å². The van der Waals surface area contributed by atoms with E-state index < -0.39 is 54.4 Å². The van der Waals surface area contributed by atoms with Gasteiger partial charge < -0.3 is 36.4 Å². The summed E-state index contributed by atoms with van der Waals surface area (Å²) in [5.74, 6) is -4.00. The van der Waals surface area contributed by atoms with Gasteiger partial charge in [-0.05, 0) is 24.6 Å². The summed E-state index contributed by atoms with van der Waals surface area (Å²) in [6, 6.07) is 1.80. The Morgan fingerprint density at radius 2 is 1.62 bits per heavy atom. The molecule has 2 amide bonds. The lowest BCUT2D eigenvalue weighted by Crippen LogP contribution is -2.57. The number of carboxylic acid groups (broad SMARTS) is 1. The van der Waals surface area contributed by atoms with E-state index in [-0.39, 0.29) is 12.2 Å². The number of aromatic hydroxyl groups is 1. The van der Waals surface area contributed by atoms with Crippen molar-refractivity contribution in [1.82, 2.24) is 10.6 Å². The van der Waals surface area contributed by atoms with Gasteiger partial charge >= 0.3 is 11.9 Å². The molecule has 0 aliphatic rings. The van der Waals surface area contributed by atoms with Gasteiger partial charge in [0.25, 0.3) is 0 Å². The summed E-state index contributed by atoms with van der Waals surface area (Å²) in [7, 11) is 1.12. The zero-order chi connectivity index (χ0) is 22.1. The molecule has 0 aromatic heterocycles. The second kappa shape index (κ2) is 11.0. The number of ether oxygens (including phenoxy) is 1. The van der Waals surface area contributed by atoms with Crippen molar-refractivity contribution in [1.29, 1.82) is 0 Å². The number of phenols is 1. The summed E-state index contributed by atoms with van der Waals surface area (Å²) >= 11 is 0. The molecule has 1 aromatic rings. The molecule has 1 rings (SSSR count). The first-order chi connectivity index (χ1) is 13.5. The topological polar surface area (TPSA) is 188 Å². The Morgan fingerprint density at radius 3 is 2.10 bits per heavy atom.